The van der Waals surface area contributed by atoms with Crippen molar-refractivity contribution in [1.29, 1.82) is 0 Å². The summed E-state index contributed by atoms with van der Waals surface area (Å²) in [5.74, 6) is -1.67. The molecule has 1 heterocycles. The molecule has 0 fully saturated rings. The summed E-state index contributed by atoms with van der Waals surface area (Å²) in [4.78, 5) is 24.8. The molecular formula is C20H20FNO3. The normalized spacial score (nSPS) is 19.5. The molecule has 0 saturated heterocycles. The van der Waals surface area contributed by atoms with Crippen molar-refractivity contribution in [3.8, 4) is 0 Å². The summed E-state index contributed by atoms with van der Waals surface area (Å²) < 4.78 is 13.5. The largest absolute Gasteiger partial charge is 0.375 e. The van der Waals surface area contributed by atoms with Gasteiger partial charge in [-0.2, -0.15) is 0 Å². The predicted octanol–water partition coefficient (Wildman–Crippen LogP) is 3.54. The van der Waals surface area contributed by atoms with E-state index in [9.17, 15) is 19.1 Å². The molecule has 0 saturated carbocycles. The van der Waals surface area contributed by atoms with Gasteiger partial charge in [-0.15, -0.1) is 0 Å². The second-order valence-corrected chi connectivity index (χ2v) is 7.43. The van der Waals surface area contributed by atoms with Crippen LogP contribution in [0.4, 0.5) is 10.1 Å². The molecule has 0 aromatic heterocycles. The van der Waals surface area contributed by atoms with E-state index in [0.29, 0.717) is 11.3 Å². The lowest BCUT2D eigenvalue weighted by molar-refractivity contribution is -0.133. The number of Topliss-reactive ketones (excluding diaryl/α,β-unsaturated/α-hetero) is 1. The van der Waals surface area contributed by atoms with Crippen LogP contribution >= 0.6 is 0 Å². The van der Waals surface area contributed by atoms with Crippen molar-refractivity contribution in [3.63, 3.8) is 0 Å². The Hall–Kier alpha value is -2.53. The van der Waals surface area contributed by atoms with E-state index in [4.69, 9.17) is 0 Å². The van der Waals surface area contributed by atoms with Crippen molar-refractivity contribution in [1.82, 2.24) is 0 Å². The first-order valence-electron chi connectivity index (χ1n) is 8.09. The highest BCUT2D eigenvalue weighted by atomic mass is 19.1. The Morgan fingerprint density at radius 1 is 1.16 bits per heavy atom. The van der Waals surface area contributed by atoms with Gasteiger partial charge in [-0.1, -0.05) is 45.0 Å². The fraction of sp³-hybridized carbons (Fsp3) is 0.300. The quantitative estimate of drug-likeness (QED) is 0.839. The molecule has 1 atom stereocenters. The van der Waals surface area contributed by atoms with Crippen LogP contribution in [0, 0.1) is 5.82 Å². The van der Waals surface area contributed by atoms with Crippen molar-refractivity contribution in [2.24, 2.45) is 0 Å². The lowest BCUT2D eigenvalue weighted by atomic mass is 9.85. The van der Waals surface area contributed by atoms with Gasteiger partial charge in [0.2, 0.25) is 0 Å². The topological polar surface area (TPSA) is 66.4 Å². The maximum atomic E-state index is 13.5. The van der Waals surface area contributed by atoms with E-state index in [-0.39, 0.29) is 16.8 Å². The smallest absolute Gasteiger partial charge is 0.261 e. The SMILES string of the molecule is CC(C)(C)c1ccc(C(=O)CC2(O)C(=O)Nc3ccc(F)cc32)cc1. The van der Waals surface area contributed by atoms with Crippen LogP contribution in [0.15, 0.2) is 42.5 Å². The molecule has 0 aliphatic carbocycles. The van der Waals surface area contributed by atoms with Gasteiger partial charge in [0.05, 0.1) is 6.42 Å². The summed E-state index contributed by atoms with van der Waals surface area (Å²) >= 11 is 0. The molecule has 0 bridgehead atoms. The van der Waals surface area contributed by atoms with Crippen LogP contribution in [-0.2, 0) is 15.8 Å². The number of fused-ring (bicyclic) bond motifs is 1. The molecule has 130 valence electrons. The number of benzene rings is 2. The van der Waals surface area contributed by atoms with Crippen molar-refractivity contribution in [2.75, 3.05) is 5.32 Å². The second kappa shape index (κ2) is 5.77. The number of carbonyl (C=O) groups is 2. The third-order valence-corrected chi connectivity index (χ3v) is 4.54. The zero-order valence-electron chi connectivity index (χ0n) is 14.4. The van der Waals surface area contributed by atoms with Gasteiger partial charge in [-0.05, 0) is 29.2 Å². The monoisotopic (exact) mass is 341 g/mol. The van der Waals surface area contributed by atoms with Gasteiger partial charge in [0.15, 0.2) is 11.4 Å². The number of anilines is 1. The Balaban J connectivity index is 1.88. The van der Waals surface area contributed by atoms with E-state index in [1.807, 2.05) is 12.1 Å². The highest BCUT2D eigenvalue weighted by Gasteiger charge is 2.47. The van der Waals surface area contributed by atoms with Gasteiger partial charge in [0, 0.05) is 16.8 Å². The molecule has 2 aromatic carbocycles. The molecule has 1 aliphatic heterocycles. The van der Waals surface area contributed by atoms with Crippen LogP contribution in [0.5, 0.6) is 0 Å². The minimum atomic E-state index is -2.06. The van der Waals surface area contributed by atoms with E-state index in [0.717, 1.165) is 11.6 Å². The van der Waals surface area contributed by atoms with Crippen molar-refractivity contribution in [2.45, 2.75) is 38.2 Å². The molecule has 0 radical (unpaired) electrons. The fourth-order valence-corrected chi connectivity index (χ4v) is 2.98. The summed E-state index contributed by atoms with van der Waals surface area (Å²) in [6.45, 7) is 6.21. The second-order valence-electron chi connectivity index (χ2n) is 7.43. The van der Waals surface area contributed by atoms with E-state index in [2.05, 4.69) is 26.1 Å². The number of hydrogen-bond acceptors (Lipinski definition) is 3. The Morgan fingerprint density at radius 3 is 2.40 bits per heavy atom. The highest BCUT2D eigenvalue weighted by molar-refractivity contribution is 6.09. The molecule has 0 spiro atoms. The molecule has 2 aromatic rings. The third kappa shape index (κ3) is 3.07. The Bertz CT molecular complexity index is 852. The molecule has 25 heavy (non-hydrogen) atoms. The zero-order valence-corrected chi connectivity index (χ0v) is 14.4. The van der Waals surface area contributed by atoms with Gasteiger partial charge in [0.25, 0.3) is 5.91 Å². The predicted molar refractivity (Wildman–Crippen MR) is 93.0 cm³/mol. The van der Waals surface area contributed by atoms with E-state index in [1.165, 1.54) is 12.1 Å². The maximum Gasteiger partial charge on any atom is 0.261 e. The van der Waals surface area contributed by atoms with E-state index < -0.39 is 23.7 Å². The number of hydrogen-bond donors (Lipinski definition) is 2. The summed E-state index contributed by atoms with van der Waals surface area (Å²) in [5, 5.41) is 13.2. The number of nitrogens with one attached hydrogen (secondary N) is 1. The fourth-order valence-electron chi connectivity index (χ4n) is 2.98. The first kappa shape index (κ1) is 17.3. The number of aliphatic hydroxyl groups is 1. The summed E-state index contributed by atoms with van der Waals surface area (Å²) in [6, 6.07) is 10.8. The van der Waals surface area contributed by atoms with Crippen LogP contribution in [0.1, 0.15) is 48.7 Å². The molecule has 1 unspecified atom stereocenters. The number of halogens is 1. The molecule has 5 heteroatoms. The van der Waals surface area contributed by atoms with Crippen LogP contribution < -0.4 is 5.32 Å². The van der Waals surface area contributed by atoms with Gasteiger partial charge >= 0.3 is 0 Å². The van der Waals surface area contributed by atoms with Crippen molar-refractivity contribution in [3.05, 3.63) is 65.0 Å². The molecule has 1 amide bonds. The lowest BCUT2D eigenvalue weighted by Crippen LogP contribution is -2.36. The number of amides is 1. The van der Waals surface area contributed by atoms with Crippen molar-refractivity contribution >= 4 is 17.4 Å². The highest BCUT2D eigenvalue weighted by Crippen LogP contribution is 2.39. The minimum Gasteiger partial charge on any atom is -0.375 e. The standard InChI is InChI=1S/C20H20FNO3/c1-19(2,3)13-6-4-12(5-7-13)17(23)11-20(25)15-10-14(21)8-9-16(15)22-18(20)24/h4-10,25H,11H2,1-3H3,(H,22,24). The van der Waals surface area contributed by atoms with E-state index >= 15 is 0 Å². The first-order chi connectivity index (χ1) is 11.6. The molecule has 2 N–H and O–H groups in total. The number of ketones is 1. The number of carbonyl (C=O) groups excluding carboxylic acids is 2. The summed E-state index contributed by atoms with van der Waals surface area (Å²) in [7, 11) is 0. The molecule has 3 rings (SSSR count). The summed E-state index contributed by atoms with van der Waals surface area (Å²) in [6.07, 6.45) is -0.440. The third-order valence-electron chi connectivity index (χ3n) is 4.54. The zero-order chi connectivity index (χ0) is 18.4. The lowest BCUT2D eigenvalue weighted by Gasteiger charge is -2.21. The van der Waals surface area contributed by atoms with Crippen LogP contribution in [-0.4, -0.2) is 16.8 Å². The first-order valence-corrected chi connectivity index (χ1v) is 8.09. The average molecular weight is 341 g/mol. The molecular weight excluding hydrogens is 321 g/mol. The maximum absolute atomic E-state index is 13.5. The van der Waals surface area contributed by atoms with Crippen LogP contribution in [0.2, 0.25) is 0 Å². The van der Waals surface area contributed by atoms with Gasteiger partial charge in [0.1, 0.15) is 5.82 Å². The van der Waals surface area contributed by atoms with Gasteiger partial charge in [-0.3, -0.25) is 9.59 Å². The summed E-state index contributed by atoms with van der Waals surface area (Å²) in [5.41, 5.74) is -0.200. The average Bonchev–Trinajstić information content (AvgIpc) is 2.78. The minimum absolute atomic E-state index is 0.0401. The molecule has 1 aliphatic rings. The van der Waals surface area contributed by atoms with Gasteiger partial charge in [-0.25, -0.2) is 4.39 Å². The number of rotatable bonds is 3. The van der Waals surface area contributed by atoms with Crippen LogP contribution in [0.3, 0.4) is 0 Å². The Kier molecular flexibility index (Phi) is 4.00. The molecule has 4 nitrogen and oxygen atoms in total. The van der Waals surface area contributed by atoms with Crippen molar-refractivity contribution < 1.29 is 19.1 Å². The van der Waals surface area contributed by atoms with Crippen LogP contribution in [0.25, 0.3) is 0 Å². The Morgan fingerprint density at radius 2 is 1.80 bits per heavy atom. The van der Waals surface area contributed by atoms with Gasteiger partial charge < -0.3 is 10.4 Å². The Labute approximate surface area is 145 Å². The van der Waals surface area contributed by atoms with E-state index in [1.54, 1.807) is 12.1 Å².